The number of benzene rings is 4. The first kappa shape index (κ1) is 23.2. The van der Waals surface area contributed by atoms with Crippen LogP contribution in [0.3, 0.4) is 0 Å². The Kier molecular flexibility index (Phi) is 5.15. The first-order valence-corrected chi connectivity index (χ1v) is 14.2. The second-order valence-electron chi connectivity index (χ2n) is 10.4. The highest BCUT2D eigenvalue weighted by Gasteiger charge is 2.16. The standard InChI is InChI=1S/C33H24N6S/c1-20(2)21-10-13-26-27-15-12-22(18-30(27)38(29(26)17-21)32-9-5-6-16-34-32)40-23-11-14-25-24-7-3-4-8-28(24)33-35-36-37-39(33)31(25)19-23/h3-20H,1-2H3. The quantitative estimate of drug-likeness (QED) is 0.212. The van der Waals surface area contributed by atoms with E-state index in [0.29, 0.717) is 5.92 Å². The number of fused-ring (bicyclic) bond motifs is 9. The minimum Gasteiger partial charge on any atom is -0.294 e. The first-order chi connectivity index (χ1) is 19.7. The normalized spacial score (nSPS) is 12.1. The molecule has 0 aliphatic rings. The van der Waals surface area contributed by atoms with Crippen LogP contribution in [0.15, 0.2) is 113 Å². The lowest BCUT2D eigenvalue weighted by molar-refractivity contribution is 0.841. The minimum absolute atomic E-state index is 0.447. The van der Waals surface area contributed by atoms with Crippen LogP contribution < -0.4 is 0 Å². The molecule has 0 amide bonds. The van der Waals surface area contributed by atoms with Crippen LogP contribution in [0.2, 0.25) is 0 Å². The molecule has 8 rings (SSSR count). The van der Waals surface area contributed by atoms with E-state index in [0.717, 1.165) is 48.4 Å². The number of tetrazole rings is 1. The van der Waals surface area contributed by atoms with Gasteiger partial charge in [0.05, 0.1) is 16.6 Å². The molecule has 0 spiro atoms. The van der Waals surface area contributed by atoms with Crippen molar-refractivity contribution in [3.63, 3.8) is 0 Å². The van der Waals surface area contributed by atoms with Gasteiger partial charge in [-0.25, -0.2) is 4.98 Å². The van der Waals surface area contributed by atoms with Crippen molar-refractivity contribution in [2.24, 2.45) is 0 Å². The molecule has 8 aromatic rings. The van der Waals surface area contributed by atoms with Gasteiger partial charge in [0.25, 0.3) is 0 Å². The molecule has 40 heavy (non-hydrogen) atoms. The van der Waals surface area contributed by atoms with Crippen molar-refractivity contribution in [2.75, 3.05) is 0 Å². The van der Waals surface area contributed by atoms with Gasteiger partial charge in [-0.1, -0.05) is 80.2 Å². The number of hydrogen-bond donors (Lipinski definition) is 0. The van der Waals surface area contributed by atoms with Crippen LogP contribution in [0.25, 0.3) is 54.9 Å². The Morgan fingerprint density at radius 3 is 2.08 bits per heavy atom. The van der Waals surface area contributed by atoms with Crippen LogP contribution in [0.4, 0.5) is 0 Å². The molecular formula is C33H24N6S. The van der Waals surface area contributed by atoms with Gasteiger partial charge >= 0.3 is 0 Å². The van der Waals surface area contributed by atoms with Crippen molar-refractivity contribution in [1.82, 2.24) is 29.6 Å². The first-order valence-electron chi connectivity index (χ1n) is 13.4. The Morgan fingerprint density at radius 2 is 1.32 bits per heavy atom. The number of aromatic nitrogens is 6. The zero-order chi connectivity index (χ0) is 26.8. The predicted molar refractivity (Wildman–Crippen MR) is 163 cm³/mol. The molecule has 0 unspecified atom stereocenters. The maximum atomic E-state index is 4.73. The molecule has 4 aromatic heterocycles. The Labute approximate surface area is 234 Å². The van der Waals surface area contributed by atoms with Gasteiger partial charge in [0.1, 0.15) is 5.82 Å². The second kappa shape index (κ2) is 8.89. The molecule has 0 saturated heterocycles. The zero-order valence-corrected chi connectivity index (χ0v) is 22.8. The Hall–Kier alpha value is -4.75. The van der Waals surface area contributed by atoms with Gasteiger partial charge in [-0.3, -0.25) is 4.57 Å². The van der Waals surface area contributed by atoms with E-state index < -0.39 is 0 Å². The van der Waals surface area contributed by atoms with E-state index in [4.69, 9.17) is 4.98 Å². The van der Waals surface area contributed by atoms with Crippen molar-refractivity contribution >= 4 is 60.9 Å². The number of hydrogen-bond acceptors (Lipinski definition) is 5. The van der Waals surface area contributed by atoms with Gasteiger partial charge in [0.2, 0.25) is 0 Å². The average molecular weight is 537 g/mol. The second-order valence-corrected chi connectivity index (χ2v) is 11.5. The highest BCUT2D eigenvalue weighted by molar-refractivity contribution is 7.99. The summed E-state index contributed by atoms with van der Waals surface area (Å²) in [5.41, 5.74) is 5.41. The van der Waals surface area contributed by atoms with Crippen LogP contribution in [-0.4, -0.2) is 29.6 Å². The largest absolute Gasteiger partial charge is 0.294 e. The van der Waals surface area contributed by atoms with Crippen LogP contribution in [0.5, 0.6) is 0 Å². The Bertz CT molecular complexity index is 2230. The lowest BCUT2D eigenvalue weighted by Crippen LogP contribution is -1.97. The summed E-state index contributed by atoms with van der Waals surface area (Å²) in [5.74, 6) is 1.37. The van der Waals surface area contributed by atoms with E-state index in [1.807, 2.05) is 28.9 Å². The monoisotopic (exact) mass is 536 g/mol. The van der Waals surface area contributed by atoms with Crippen molar-refractivity contribution < 1.29 is 0 Å². The molecule has 0 aliphatic heterocycles. The van der Waals surface area contributed by atoms with Crippen molar-refractivity contribution in [1.29, 1.82) is 0 Å². The highest BCUT2D eigenvalue weighted by Crippen LogP contribution is 2.38. The van der Waals surface area contributed by atoms with E-state index in [-0.39, 0.29) is 0 Å². The van der Waals surface area contributed by atoms with E-state index >= 15 is 0 Å². The summed E-state index contributed by atoms with van der Waals surface area (Å²) in [7, 11) is 0. The molecule has 4 heterocycles. The fraction of sp³-hybridized carbons (Fsp3) is 0.0909. The van der Waals surface area contributed by atoms with Gasteiger partial charge in [0.15, 0.2) is 5.65 Å². The summed E-state index contributed by atoms with van der Waals surface area (Å²) in [6, 6.07) is 34.5. The molecular weight excluding hydrogens is 512 g/mol. The number of pyridine rings is 2. The maximum absolute atomic E-state index is 4.73. The average Bonchev–Trinajstić information content (AvgIpc) is 3.61. The zero-order valence-electron chi connectivity index (χ0n) is 22.0. The molecule has 0 N–H and O–H groups in total. The van der Waals surface area contributed by atoms with Gasteiger partial charge < -0.3 is 0 Å². The van der Waals surface area contributed by atoms with Crippen LogP contribution in [0.1, 0.15) is 25.3 Å². The SMILES string of the molecule is CC(C)c1ccc2c3ccc(Sc4ccc5c6ccccc6c6nnnn6c5c4)cc3n(-c3ccccn3)c2c1. The summed E-state index contributed by atoms with van der Waals surface area (Å²) < 4.78 is 4.13. The van der Waals surface area contributed by atoms with Crippen molar-refractivity contribution in [2.45, 2.75) is 29.6 Å². The molecule has 6 nitrogen and oxygen atoms in total. The third kappa shape index (κ3) is 3.51. The summed E-state index contributed by atoms with van der Waals surface area (Å²) in [6.45, 7) is 4.47. The fourth-order valence-electron chi connectivity index (χ4n) is 5.72. The summed E-state index contributed by atoms with van der Waals surface area (Å²) in [5, 5.41) is 18.4. The van der Waals surface area contributed by atoms with E-state index in [9.17, 15) is 0 Å². The predicted octanol–water partition coefficient (Wildman–Crippen LogP) is 8.20. The third-order valence-corrected chi connectivity index (χ3v) is 8.65. The van der Waals surface area contributed by atoms with Gasteiger partial charge in [0, 0.05) is 37.5 Å². The number of nitrogens with zero attached hydrogens (tertiary/aromatic N) is 6. The molecule has 0 saturated carbocycles. The molecule has 7 heteroatoms. The van der Waals surface area contributed by atoms with Gasteiger partial charge in [-0.05, 0) is 69.8 Å². The molecule has 0 bridgehead atoms. The summed E-state index contributed by atoms with van der Waals surface area (Å²) >= 11 is 1.74. The topological polar surface area (TPSA) is 60.9 Å². The van der Waals surface area contributed by atoms with Gasteiger partial charge in [-0.2, -0.15) is 4.52 Å². The van der Waals surface area contributed by atoms with E-state index in [2.05, 4.69) is 113 Å². The maximum Gasteiger partial charge on any atom is 0.187 e. The third-order valence-electron chi connectivity index (χ3n) is 7.67. The lowest BCUT2D eigenvalue weighted by Gasteiger charge is -2.10. The van der Waals surface area contributed by atoms with Crippen LogP contribution in [0, 0.1) is 0 Å². The van der Waals surface area contributed by atoms with Crippen LogP contribution >= 0.6 is 11.8 Å². The van der Waals surface area contributed by atoms with Crippen molar-refractivity contribution in [3.8, 4) is 5.82 Å². The molecule has 0 radical (unpaired) electrons. The minimum atomic E-state index is 0.447. The fourth-order valence-corrected chi connectivity index (χ4v) is 6.60. The summed E-state index contributed by atoms with van der Waals surface area (Å²) in [6.07, 6.45) is 1.86. The molecule has 0 atom stereocenters. The lowest BCUT2D eigenvalue weighted by atomic mass is 10.0. The van der Waals surface area contributed by atoms with Crippen molar-refractivity contribution in [3.05, 3.63) is 109 Å². The summed E-state index contributed by atoms with van der Waals surface area (Å²) in [4.78, 5) is 7.01. The van der Waals surface area contributed by atoms with E-state index in [1.165, 1.54) is 21.9 Å². The molecule has 4 aromatic carbocycles. The van der Waals surface area contributed by atoms with E-state index in [1.54, 1.807) is 11.8 Å². The van der Waals surface area contributed by atoms with Gasteiger partial charge in [-0.15, -0.1) is 5.10 Å². The molecule has 0 aliphatic carbocycles. The highest BCUT2D eigenvalue weighted by atomic mass is 32.2. The van der Waals surface area contributed by atoms with Crippen LogP contribution in [-0.2, 0) is 0 Å². The number of rotatable bonds is 4. The smallest absolute Gasteiger partial charge is 0.187 e. The Morgan fingerprint density at radius 1 is 0.650 bits per heavy atom. The Balaban J connectivity index is 1.30. The molecule has 192 valence electrons. The molecule has 0 fully saturated rings.